The molecular formula is C13H9N2O. The van der Waals surface area contributed by atoms with Gasteiger partial charge < -0.3 is 10.1 Å². The van der Waals surface area contributed by atoms with Crippen molar-refractivity contribution in [3.8, 4) is 16.9 Å². The molecule has 3 nitrogen and oxygen atoms in total. The molecule has 77 valence electrons. The zero-order chi connectivity index (χ0) is 11.0. The Kier molecular flexibility index (Phi) is 1.90. The summed E-state index contributed by atoms with van der Waals surface area (Å²) in [4.78, 5) is 7.21. The summed E-state index contributed by atoms with van der Waals surface area (Å²) >= 11 is 0. The summed E-state index contributed by atoms with van der Waals surface area (Å²) in [6, 6.07) is 14.0. The number of imidazole rings is 1. The highest BCUT2D eigenvalue weighted by atomic mass is 16.3. The van der Waals surface area contributed by atoms with Gasteiger partial charge in [0.15, 0.2) is 0 Å². The van der Waals surface area contributed by atoms with Crippen LogP contribution in [0.15, 0.2) is 42.7 Å². The molecule has 0 aliphatic rings. The molecule has 1 radical (unpaired) electrons. The average Bonchev–Trinajstić information content (AvgIpc) is 2.76. The normalized spacial score (nSPS) is 10.8. The lowest BCUT2D eigenvalue weighted by Gasteiger charge is -2.03. The molecule has 0 spiro atoms. The number of H-pyrrole nitrogens is 1. The molecule has 0 amide bonds. The minimum atomic E-state index is 0.234. The molecule has 0 fully saturated rings. The number of phenols is 1. The van der Waals surface area contributed by atoms with Crippen LogP contribution in [-0.4, -0.2) is 15.1 Å². The van der Waals surface area contributed by atoms with E-state index < -0.39 is 0 Å². The summed E-state index contributed by atoms with van der Waals surface area (Å²) in [5, 5.41) is 9.73. The number of aromatic hydroxyl groups is 1. The topological polar surface area (TPSA) is 48.9 Å². The van der Waals surface area contributed by atoms with Crippen LogP contribution >= 0.6 is 0 Å². The maximum Gasteiger partial charge on any atom is 0.124 e. The lowest BCUT2D eigenvalue weighted by molar-refractivity contribution is 0.477. The highest BCUT2D eigenvalue weighted by Gasteiger charge is 2.05. The lowest BCUT2D eigenvalue weighted by atomic mass is 10.0. The van der Waals surface area contributed by atoms with Gasteiger partial charge in [-0.15, -0.1) is 0 Å². The van der Waals surface area contributed by atoms with E-state index in [1.165, 1.54) is 0 Å². The molecule has 0 saturated carbocycles. The van der Waals surface area contributed by atoms with Crippen molar-refractivity contribution in [1.82, 2.24) is 9.97 Å². The number of hydrogen-bond donors (Lipinski definition) is 2. The van der Waals surface area contributed by atoms with E-state index in [0.717, 1.165) is 16.6 Å². The zero-order valence-corrected chi connectivity index (χ0v) is 8.44. The van der Waals surface area contributed by atoms with E-state index in [9.17, 15) is 5.11 Å². The third-order valence-corrected chi connectivity index (χ3v) is 2.54. The first-order valence-corrected chi connectivity index (χ1v) is 4.98. The molecule has 0 aliphatic heterocycles. The van der Waals surface area contributed by atoms with Gasteiger partial charge in [-0.2, -0.15) is 0 Å². The van der Waals surface area contributed by atoms with Crippen LogP contribution in [0.1, 0.15) is 0 Å². The predicted molar refractivity (Wildman–Crippen MR) is 62.0 cm³/mol. The first kappa shape index (κ1) is 8.97. The third-order valence-electron chi connectivity index (χ3n) is 2.54. The Hall–Kier alpha value is -2.29. The van der Waals surface area contributed by atoms with Gasteiger partial charge in [0, 0.05) is 5.56 Å². The Morgan fingerprint density at radius 2 is 2.19 bits per heavy atom. The van der Waals surface area contributed by atoms with E-state index >= 15 is 0 Å². The van der Waals surface area contributed by atoms with E-state index in [1.54, 1.807) is 24.5 Å². The second-order valence-electron chi connectivity index (χ2n) is 3.56. The number of aromatic nitrogens is 2. The smallest absolute Gasteiger partial charge is 0.124 e. The first-order valence-electron chi connectivity index (χ1n) is 4.98. The second kappa shape index (κ2) is 3.38. The lowest BCUT2D eigenvalue weighted by Crippen LogP contribution is -1.79. The van der Waals surface area contributed by atoms with Gasteiger partial charge in [-0.1, -0.05) is 18.2 Å². The van der Waals surface area contributed by atoms with Crippen LogP contribution in [0.3, 0.4) is 0 Å². The number of rotatable bonds is 1. The van der Waals surface area contributed by atoms with Crippen LogP contribution in [0.2, 0.25) is 0 Å². The zero-order valence-electron chi connectivity index (χ0n) is 8.44. The minimum absolute atomic E-state index is 0.234. The van der Waals surface area contributed by atoms with Crippen LogP contribution in [0.4, 0.5) is 0 Å². The average molecular weight is 209 g/mol. The maximum atomic E-state index is 9.73. The number of nitrogens with one attached hydrogen (secondary N) is 1. The van der Waals surface area contributed by atoms with Crippen molar-refractivity contribution in [2.75, 3.05) is 0 Å². The van der Waals surface area contributed by atoms with Crippen LogP contribution in [0, 0.1) is 6.07 Å². The number of nitrogens with zero attached hydrogens (tertiary/aromatic N) is 1. The molecule has 2 N–H and O–H groups in total. The molecule has 3 aromatic rings. The Bertz CT molecular complexity index is 643. The van der Waals surface area contributed by atoms with Crippen molar-refractivity contribution in [3.63, 3.8) is 0 Å². The van der Waals surface area contributed by atoms with Gasteiger partial charge in [0.05, 0.1) is 17.4 Å². The Balaban J connectivity index is 2.22. The van der Waals surface area contributed by atoms with Crippen molar-refractivity contribution in [1.29, 1.82) is 0 Å². The van der Waals surface area contributed by atoms with E-state index in [0.29, 0.717) is 5.56 Å². The molecule has 1 heterocycles. The third kappa shape index (κ3) is 1.34. The van der Waals surface area contributed by atoms with Crippen molar-refractivity contribution >= 4 is 11.0 Å². The van der Waals surface area contributed by atoms with Gasteiger partial charge in [0.25, 0.3) is 0 Å². The fourth-order valence-corrected chi connectivity index (χ4v) is 1.75. The number of phenolic OH excluding ortho intramolecular Hbond substituents is 1. The number of fused-ring (bicyclic) bond motifs is 1. The largest absolute Gasteiger partial charge is 0.507 e. The molecule has 1 aromatic heterocycles. The molecule has 0 bridgehead atoms. The molecule has 0 saturated heterocycles. The predicted octanol–water partition coefficient (Wildman–Crippen LogP) is 2.74. The van der Waals surface area contributed by atoms with E-state index in [1.807, 2.05) is 18.2 Å². The van der Waals surface area contributed by atoms with Crippen LogP contribution in [0.5, 0.6) is 5.75 Å². The van der Waals surface area contributed by atoms with Crippen LogP contribution < -0.4 is 0 Å². The minimum Gasteiger partial charge on any atom is -0.507 e. The van der Waals surface area contributed by atoms with E-state index in [2.05, 4.69) is 16.0 Å². The van der Waals surface area contributed by atoms with E-state index in [-0.39, 0.29) is 5.75 Å². The summed E-state index contributed by atoms with van der Waals surface area (Å²) in [5.41, 5.74) is 3.48. The van der Waals surface area contributed by atoms with Crippen molar-refractivity contribution in [2.24, 2.45) is 0 Å². The molecule has 2 aromatic carbocycles. The van der Waals surface area contributed by atoms with Gasteiger partial charge in [-0.3, -0.25) is 0 Å². The van der Waals surface area contributed by atoms with Crippen molar-refractivity contribution < 1.29 is 5.11 Å². The number of benzene rings is 2. The molecular weight excluding hydrogens is 200 g/mol. The van der Waals surface area contributed by atoms with Gasteiger partial charge in [-0.05, 0) is 29.8 Å². The Labute approximate surface area is 92.4 Å². The summed E-state index contributed by atoms with van der Waals surface area (Å²) in [5.74, 6) is 0.234. The summed E-state index contributed by atoms with van der Waals surface area (Å²) in [6.45, 7) is 0. The quantitative estimate of drug-likeness (QED) is 0.647. The highest BCUT2D eigenvalue weighted by Crippen LogP contribution is 2.29. The van der Waals surface area contributed by atoms with Gasteiger partial charge in [0.1, 0.15) is 5.75 Å². The first-order chi connectivity index (χ1) is 7.84. The second-order valence-corrected chi connectivity index (χ2v) is 3.56. The summed E-state index contributed by atoms with van der Waals surface area (Å²) < 4.78 is 0. The fourth-order valence-electron chi connectivity index (χ4n) is 1.75. The SMILES string of the molecule is Oc1ccc[c]c1-c1ccc2[nH]cnc2c1. The number of hydrogen-bond acceptors (Lipinski definition) is 2. The summed E-state index contributed by atoms with van der Waals surface area (Å²) in [6.07, 6.45) is 1.66. The molecule has 3 heteroatoms. The summed E-state index contributed by atoms with van der Waals surface area (Å²) in [7, 11) is 0. The monoisotopic (exact) mass is 209 g/mol. The Morgan fingerprint density at radius 1 is 1.25 bits per heavy atom. The molecule has 0 atom stereocenters. The molecule has 3 rings (SSSR count). The molecule has 0 unspecified atom stereocenters. The van der Waals surface area contributed by atoms with Crippen molar-refractivity contribution in [3.05, 3.63) is 48.8 Å². The van der Waals surface area contributed by atoms with Gasteiger partial charge >= 0.3 is 0 Å². The van der Waals surface area contributed by atoms with Crippen LogP contribution in [0.25, 0.3) is 22.2 Å². The standard InChI is InChI=1S/C13H9N2O/c16-13-4-2-1-3-10(13)9-5-6-11-12(7-9)15-8-14-11/h1-2,4-8,16H,(H,14,15). The van der Waals surface area contributed by atoms with Crippen LogP contribution in [-0.2, 0) is 0 Å². The van der Waals surface area contributed by atoms with Crippen molar-refractivity contribution in [2.45, 2.75) is 0 Å². The number of aromatic amines is 1. The highest BCUT2D eigenvalue weighted by molar-refractivity contribution is 5.82. The van der Waals surface area contributed by atoms with Gasteiger partial charge in [-0.25, -0.2) is 4.98 Å². The van der Waals surface area contributed by atoms with Gasteiger partial charge in [0.2, 0.25) is 0 Å². The Morgan fingerprint density at radius 3 is 3.06 bits per heavy atom. The van der Waals surface area contributed by atoms with E-state index in [4.69, 9.17) is 0 Å². The fraction of sp³-hybridized carbons (Fsp3) is 0. The maximum absolute atomic E-state index is 9.73. The molecule has 16 heavy (non-hydrogen) atoms. The molecule has 0 aliphatic carbocycles.